The van der Waals surface area contributed by atoms with Crippen LogP contribution in [0.2, 0.25) is 0 Å². The quantitative estimate of drug-likeness (QED) is 0.788. The minimum absolute atomic E-state index is 0.259. The first-order valence-corrected chi connectivity index (χ1v) is 6.33. The number of hydrogen-bond donors (Lipinski definition) is 1. The van der Waals surface area contributed by atoms with Crippen LogP contribution in [0, 0.1) is 11.6 Å². The summed E-state index contributed by atoms with van der Waals surface area (Å²) in [4.78, 5) is 4.21. The molecule has 108 valence electrons. The summed E-state index contributed by atoms with van der Waals surface area (Å²) in [5.74, 6) is -0.858. The number of halogens is 2. The Bertz CT molecular complexity index is 557. The minimum Gasteiger partial charge on any atom is -0.383 e. The Hall–Kier alpha value is -1.79. The number of ether oxygens (including phenoxy) is 1. The molecule has 1 heterocycles. The second-order valence-electron chi connectivity index (χ2n) is 4.44. The van der Waals surface area contributed by atoms with E-state index in [2.05, 4.69) is 10.3 Å². The predicted molar refractivity (Wildman–Crippen MR) is 71.3 cm³/mol. The predicted octanol–water partition coefficient (Wildman–Crippen LogP) is 1.95. The summed E-state index contributed by atoms with van der Waals surface area (Å²) < 4.78 is 33.3. The number of hydrogen-bond acceptors (Lipinski definition) is 3. The fourth-order valence-corrected chi connectivity index (χ4v) is 1.84. The van der Waals surface area contributed by atoms with Crippen LogP contribution in [-0.4, -0.2) is 29.8 Å². The van der Waals surface area contributed by atoms with Crippen molar-refractivity contribution >= 4 is 0 Å². The van der Waals surface area contributed by atoms with Crippen molar-refractivity contribution in [2.24, 2.45) is 0 Å². The van der Waals surface area contributed by atoms with E-state index < -0.39 is 11.6 Å². The van der Waals surface area contributed by atoms with Gasteiger partial charge in [0.25, 0.3) is 0 Å². The zero-order valence-electron chi connectivity index (χ0n) is 11.3. The highest BCUT2D eigenvalue weighted by atomic mass is 19.1. The maximum absolute atomic E-state index is 13.5. The molecule has 4 nitrogen and oxygen atoms in total. The van der Waals surface area contributed by atoms with E-state index in [4.69, 9.17) is 4.74 Å². The maximum atomic E-state index is 13.5. The van der Waals surface area contributed by atoms with Crippen molar-refractivity contribution in [1.29, 1.82) is 0 Å². The largest absolute Gasteiger partial charge is 0.383 e. The summed E-state index contributed by atoms with van der Waals surface area (Å²) in [6.07, 6.45) is 3.42. The second kappa shape index (κ2) is 7.12. The average molecular weight is 281 g/mol. The lowest BCUT2D eigenvalue weighted by Crippen LogP contribution is -2.18. The lowest BCUT2D eigenvalue weighted by Gasteiger charge is -2.04. The first-order valence-electron chi connectivity index (χ1n) is 6.33. The molecule has 6 heteroatoms. The number of methoxy groups -OCH3 is 1. The second-order valence-corrected chi connectivity index (χ2v) is 4.44. The van der Waals surface area contributed by atoms with Crippen LogP contribution >= 0.6 is 0 Å². The molecular formula is C14H17F2N3O. The Labute approximate surface area is 116 Å². The zero-order chi connectivity index (χ0) is 14.4. The van der Waals surface area contributed by atoms with E-state index in [-0.39, 0.29) is 6.54 Å². The summed E-state index contributed by atoms with van der Waals surface area (Å²) in [6.45, 7) is 2.24. The molecule has 0 radical (unpaired) electrons. The monoisotopic (exact) mass is 281 g/mol. The van der Waals surface area contributed by atoms with Gasteiger partial charge in [0, 0.05) is 32.0 Å². The van der Waals surface area contributed by atoms with E-state index in [1.165, 1.54) is 6.07 Å². The molecule has 20 heavy (non-hydrogen) atoms. The highest BCUT2D eigenvalue weighted by molar-refractivity contribution is 5.19. The Morgan fingerprint density at radius 1 is 1.35 bits per heavy atom. The molecule has 0 aliphatic carbocycles. The molecule has 0 saturated heterocycles. The van der Waals surface area contributed by atoms with Crippen LogP contribution in [0.1, 0.15) is 11.3 Å². The molecule has 0 amide bonds. The Morgan fingerprint density at radius 2 is 2.20 bits per heavy atom. The van der Waals surface area contributed by atoms with Gasteiger partial charge in [-0.2, -0.15) is 0 Å². The third-order valence-corrected chi connectivity index (χ3v) is 2.84. The smallest absolute Gasteiger partial charge is 0.128 e. The molecule has 1 N–H and O–H groups in total. The zero-order valence-corrected chi connectivity index (χ0v) is 11.3. The van der Waals surface area contributed by atoms with E-state index in [0.717, 1.165) is 24.4 Å². The van der Waals surface area contributed by atoms with E-state index in [0.29, 0.717) is 18.7 Å². The molecule has 0 bridgehead atoms. The summed E-state index contributed by atoms with van der Waals surface area (Å²) in [5.41, 5.74) is 1.15. The van der Waals surface area contributed by atoms with Crippen molar-refractivity contribution in [2.45, 2.75) is 13.1 Å². The molecule has 0 aliphatic rings. The van der Waals surface area contributed by atoms with Crippen molar-refractivity contribution in [1.82, 2.24) is 14.9 Å². The Kier molecular flexibility index (Phi) is 5.20. The molecule has 2 rings (SSSR count). The lowest BCUT2D eigenvalue weighted by molar-refractivity contribution is 0.199. The Morgan fingerprint density at radius 3 is 3.00 bits per heavy atom. The topological polar surface area (TPSA) is 39.1 Å². The van der Waals surface area contributed by atoms with Crippen LogP contribution in [0.4, 0.5) is 8.78 Å². The number of nitrogens with zero attached hydrogens (tertiary/aromatic N) is 2. The molecule has 0 saturated carbocycles. The molecule has 0 atom stereocenters. The molecule has 0 unspecified atom stereocenters. The van der Waals surface area contributed by atoms with Gasteiger partial charge in [0.1, 0.15) is 11.6 Å². The van der Waals surface area contributed by atoms with Gasteiger partial charge in [0.05, 0.1) is 25.2 Å². The van der Waals surface area contributed by atoms with E-state index in [1.54, 1.807) is 18.0 Å². The molecule has 1 aromatic heterocycles. The van der Waals surface area contributed by atoms with Crippen molar-refractivity contribution < 1.29 is 13.5 Å². The highest BCUT2D eigenvalue weighted by Gasteiger charge is 2.05. The highest BCUT2D eigenvalue weighted by Crippen LogP contribution is 2.11. The minimum atomic E-state index is -0.442. The molecule has 0 fully saturated rings. The van der Waals surface area contributed by atoms with Gasteiger partial charge in [0.2, 0.25) is 0 Å². The van der Waals surface area contributed by atoms with Gasteiger partial charge < -0.3 is 14.6 Å². The third kappa shape index (κ3) is 4.11. The third-order valence-electron chi connectivity index (χ3n) is 2.84. The van der Waals surface area contributed by atoms with Gasteiger partial charge in [-0.15, -0.1) is 0 Å². The lowest BCUT2D eigenvalue weighted by atomic mass is 10.2. The summed E-state index contributed by atoms with van der Waals surface area (Å²) in [7, 11) is 1.64. The first kappa shape index (κ1) is 14.6. The fraction of sp³-hybridized carbons (Fsp3) is 0.357. The number of rotatable bonds is 7. The average Bonchev–Trinajstić information content (AvgIpc) is 2.87. The number of aromatic nitrogens is 2. The molecular weight excluding hydrogens is 264 g/mol. The maximum Gasteiger partial charge on any atom is 0.128 e. The van der Waals surface area contributed by atoms with Crippen LogP contribution < -0.4 is 5.32 Å². The van der Waals surface area contributed by atoms with E-state index >= 15 is 0 Å². The number of imidazole rings is 1. The van der Waals surface area contributed by atoms with Crippen LogP contribution in [0.5, 0.6) is 0 Å². The van der Waals surface area contributed by atoms with Gasteiger partial charge in [-0.1, -0.05) is 0 Å². The first-order chi connectivity index (χ1) is 9.69. The molecule has 1 aromatic carbocycles. The SMILES string of the molecule is COCCNCc1cn(Cc2cc(F)ccc2F)cn1. The van der Waals surface area contributed by atoms with Gasteiger partial charge in [-0.25, -0.2) is 13.8 Å². The van der Waals surface area contributed by atoms with E-state index in [9.17, 15) is 8.78 Å². The van der Waals surface area contributed by atoms with Crippen molar-refractivity contribution in [3.8, 4) is 0 Å². The molecule has 0 aliphatic heterocycles. The van der Waals surface area contributed by atoms with Crippen molar-refractivity contribution in [2.75, 3.05) is 20.3 Å². The van der Waals surface area contributed by atoms with Gasteiger partial charge >= 0.3 is 0 Å². The summed E-state index contributed by atoms with van der Waals surface area (Å²) >= 11 is 0. The molecule has 0 spiro atoms. The fourth-order valence-electron chi connectivity index (χ4n) is 1.84. The van der Waals surface area contributed by atoms with E-state index in [1.807, 2.05) is 6.20 Å². The normalized spacial score (nSPS) is 10.9. The van der Waals surface area contributed by atoms with Crippen molar-refractivity contribution in [3.05, 3.63) is 53.6 Å². The van der Waals surface area contributed by atoms with Crippen molar-refractivity contribution in [3.63, 3.8) is 0 Å². The molecule has 2 aromatic rings. The van der Waals surface area contributed by atoms with Crippen LogP contribution in [-0.2, 0) is 17.8 Å². The summed E-state index contributed by atoms with van der Waals surface area (Å²) in [5, 5.41) is 3.17. The number of nitrogens with one attached hydrogen (secondary N) is 1. The standard InChI is InChI=1S/C14H17F2N3O/c1-20-5-4-17-7-13-9-19(10-18-13)8-11-6-12(15)2-3-14(11)16/h2-3,6,9-10,17H,4-5,7-8H2,1H3. The Balaban J connectivity index is 1.93. The van der Waals surface area contributed by atoms with Crippen LogP contribution in [0.3, 0.4) is 0 Å². The van der Waals surface area contributed by atoms with Gasteiger partial charge in [-0.3, -0.25) is 0 Å². The van der Waals surface area contributed by atoms with Crippen LogP contribution in [0.15, 0.2) is 30.7 Å². The van der Waals surface area contributed by atoms with Crippen LogP contribution in [0.25, 0.3) is 0 Å². The van der Waals surface area contributed by atoms with Gasteiger partial charge in [0.15, 0.2) is 0 Å². The van der Waals surface area contributed by atoms with Gasteiger partial charge in [-0.05, 0) is 18.2 Å². The number of benzene rings is 1. The summed E-state index contributed by atoms with van der Waals surface area (Å²) in [6, 6.07) is 3.44.